The summed E-state index contributed by atoms with van der Waals surface area (Å²) in [5.41, 5.74) is 0. The highest BCUT2D eigenvalue weighted by Gasteiger charge is 2.44. The third-order valence-electron chi connectivity index (χ3n) is 10.00. The van der Waals surface area contributed by atoms with Crippen molar-refractivity contribution in [2.45, 2.75) is 218 Å². The molecule has 1 heterocycles. The Morgan fingerprint density at radius 1 is 0.564 bits per heavy atom. The fourth-order valence-electron chi connectivity index (χ4n) is 6.43. The first-order valence-corrected chi connectivity index (χ1v) is 22.1. The molecule has 1 rings (SSSR count). The molecule has 1 aliphatic heterocycles. The molecule has 55 heavy (non-hydrogen) atoms. The first-order valence-electron chi connectivity index (χ1n) is 22.1. The normalized spacial score (nSPS) is 20.9. The quantitative estimate of drug-likeness (QED) is 0.0275. The van der Waals surface area contributed by atoms with Gasteiger partial charge in [0.05, 0.1) is 13.2 Å². The standard InChI is InChI=1S/C45H80O10/c1-3-5-7-9-11-13-15-17-19-21-23-25-27-29-31-33-40(47)52-36-38(37-53-45-44(51)43(50)42(49)39(35-46)55-45)54-41(48)34-32-30-28-26-24-22-20-18-16-14-12-10-8-6-4-2/h9,11-12,14,18,20,38-39,42-46,49-51H,3-8,10,13,15-17,19,21-37H2,1-2H3/b11-9+,14-12+,20-18+/t38-,39-,42+,43?,44?,45-/m0/s1. The predicted molar refractivity (Wildman–Crippen MR) is 219 cm³/mol. The molecule has 0 radical (unpaired) electrons. The lowest BCUT2D eigenvalue weighted by molar-refractivity contribution is -0.305. The van der Waals surface area contributed by atoms with E-state index in [0.29, 0.717) is 6.42 Å². The summed E-state index contributed by atoms with van der Waals surface area (Å²) in [6.07, 6.45) is 32.9. The van der Waals surface area contributed by atoms with Gasteiger partial charge in [0.2, 0.25) is 0 Å². The first-order chi connectivity index (χ1) is 26.8. The minimum Gasteiger partial charge on any atom is -0.462 e. The molecule has 320 valence electrons. The molecule has 0 aromatic rings. The number of aliphatic hydroxyl groups is 4. The zero-order valence-electron chi connectivity index (χ0n) is 34.7. The molecular formula is C45H80O10. The van der Waals surface area contributed by atoms with Crippen LogP contribution in [0.5, 0.6) is 0 Å². The maximum atomic E-state index is 12.7. The summed E-state index contributed by atoms with van der Waals surface area (Å²) >= 11 is 0. The third-order valence-corrected chi connectivity index (χ3v) is 10.00. The lowest BCUT2D eigenvalue weighted by atomic mass is 9.99. The Kier molecular flexibility index (Phi) is 33.6. The van der Waals surface area contributed by atoms with E-state index in [2.05, 4.69) is 50.3 Å². The molecule has 0 aromatic heterocycles. The molecule has 0 aliphatic carbocycles. The van der Waals surface area contributed by atoms with Crippen molar-refractivity contribution in [2.75, 3.05) is 19.8 Å². The lowest BCUT2D eigenvalue weighted by Gasteiger charge is -2.39. The summed E-state index contributed by atoms with van der Waals surface area (Å²) in [5, 5.41) is 40.0. The minimum absolute atomic E-state index is 0.214. The number of ether oxygens (including phenoxy) is 4. The summed E-state index contributed by atoms with van der Waals surface area (Å²) in [7, 11) is 0. The number of hydrogen-bond acceptors (Lipinski definition) is 10. The number of aliphatic hydroxyl groups excluding tert-OH is 4. The molecule has 2 unspecified atom stereocenters. The zero-order chi connectivity index (χ0) is 40.2. The van der Waals surface area contributed by atoms with E-state index in [4.69, 9.17) is 18.9 Å². The second kappa shape index (κ2) is 36.3. The second-order valence-corrected chi connectivity index (χ2v) is 15.1. The van der Waals surface area contributed by atoms with Gasteiger partial charge in [0.1, 0.15) is 31.0 Å². The Balaban J connectivity index is 2.35. The van der Waals surface area contributed by atoms with Gasteiger partial charge in [0.25, 0.3) is 0 Å². The maximum Gasteiger partial charge on any atom is 0.306 e. The average Bonchev–Trinajstić information content (AvgIpc) is 3.18. The predicted octanol–water partition coefficient (Wildman–Crippen LogP) is 9.11. The molecule has 6 atom stereocenters. The molecule has 0 amide bonds. The smallest absolute Gasteiger partial charge is 0.306 e. The molecular weight excluding hydrogens is 700 g/mol. The molecule has 1 fully saturated rings. The lowest BCUT2D eigenvalue weighted by Crippen LogP contribution is -2.59. The third kappa shape index (κ3) is 28.0. The fourth-order valence-corrected chi connectivity index (χ4v) is 6.43. The van der Waals surface area contributed by atoms with Crippen molar-refractivity contribution in [1.29, 1.82) is 0 Å². The number of carbonyl (C=O) groups excluding carboxylic acids is 2. The summed E-state index contributed by atoms with van der Waals surface area (Å²) in [5.74, 6) is -0.824. The van der Waals surface area contributed by atoms with Gasteiger partial charge in [0.15, 0.2) is 12.4 Å². The second-order valence-electron chi connectivity index (χ2n) is 15.1. The first kappa shape index (κ1) is 50.9. The summed E-state index contributed by atoms with van der Waals surface area (Å²) < 4.78 is 22.1. The molecule has 0 saturated carbocycles. The van der Waals surface area contributed by atoms with Crippen molar-refractivity contribution < 1.29 is 49.0 Å². The minimum atomic E-state index is -1.60. The van der Waals surface area contributed by atoms with E-state index in [-0.39, 0.29) is 32.0 Å². The van der Waals surface area contributed by atoms with E-state index in [1.807, 2.05) is 0 Å². The number of carbonyl (C=O) groups is 2. The number of esters is 2. The zero-order valence-corrected chi connectivity index (χ0v) is 34.7. The van der Waals surface area contributed by atoms with Crippen LogP contribution in [0.25, 0.3) is 0 Å². The Bertz CT molecular complexity index is 996. The van der Waals surface area contributed by atoms with Crippen LogP contribution in [0.15, 0.2) is 36.5 Å². The molecule has 0 aromatic carbocycles. The van der Waals surface area contributed by atoms with E-state index in [1.165, 1.54) is 77.0 Å². The average molecular weight is 781 g/mol. The van der Waals surface area contributed by atoms with Crippen LogP contribution in [-0.2, 0) is 28.5 Å². The van der Waals surface area contributed by atoms with Gasteiger partial charge < -0.3 is 39.4 Å². The summed E-state index contributed by atoms with van der Waals surface area (Å²) in [4.78, 5) is 25.3. The number of allylic oxidation sites excluding steroid dienone is 6. The van der Waals surface area contributed by atoms with Gasteiger partial charge in [-0.1, -0.05) is 140 Å². The highest BCUT2D eigenvalue weighted by molar-refractivity contribution is 5.70. The van der Waals surface area contributed by atoms with Gasteiger partial charge in [-0.3, -0.25) is 9.59 Å². The topological polar surface area (TPSA) is 152 Å². The van der Waals surface area contributed by atoms with Crippen LogP contribution >= 0.6 is 0 Å². The van der Waals surface area contributed by atoms with Crippen LogP contribution in [0.4, 0.5) is 0 Å². The molecule has 0 bridgehead atoms. The number of rotatable bonds is 36. The summed E-state index contributed by atoms with van der Waals surface area (Å²) in [6.45, 7) is 3.35. The van der Waals surface area contributed by atoms with Gasteiger partial charge >= 0.3 is 11.9 Å². The van der Waals surface area contributed by atoms with Crippen LogP contribution < -0.4 is 0 Å². The Hall–Kier alpha value is -2.08. The number of hydrogen-bond donors (Lipinski definition) is 4. The van der Waals surface area contributed by atoms with Crippen molar-refractivity contribution in [3.63, 3.8) is 0 Å². The van der Waals surface area contributed by atoms with Crippen LogP contribution in [-0.4, -0.2) is 89.0 Å². The largest absolute Gasteiger partial charge is 0.462 e. The highest BCUT2D eigenvalue weighted by Crippen LogP contribution is 2.22. The van der Waals surface area contributed by atoms with Crippen molar-refractivity contribution in [2.24, 2.45) is 0 Å². The van der Waals surface area contributed by atoms with Crippen molar-refractivity contribution >= 4 is 11.9 Å². The Morgan fingerprint density at radius 3 is 1.58 bits per heavy atom. The Labute approximate surface area is 334 Å². The fraction of sp³-hybridized carbons (Fsp3) is 0.822. The van der Waals surface area contributed by atoms with E-state index in [1.54, 1.807) is 0 Å². The van der Waals surface area contributed by atoms with Gasteiger partial charge in [-0.15, -0.1) is 0 Å². The van der Waals surface area contributed by atoms with Crippen molar-refractivity contribution in [1.82, 2.24) is 0 Å². The Morgan fingerprint density at radius 2 is 1.04 bits per heavy atom. The van der Waals surface area contributed by atoms with Gasteiger partial charge in [0, 0.05) is 12.8 Å². The SMILES string of the molecule is CCCC/C=C/CCCCCCCCCCCC(=O)OC[C@@H](CO[C@H]1O[C@@H](CO)[C@@H](O)C(O)C1O)OC(=O)CCCCCCC/C=C/C/C=C/CCCCC. The van der Waals surface area contributed by atoms with Crippen LogP contribution in [0.1, 0.15) is 181 Å². The van der Waals surface area contributed by atoms with E-state index >= 15 is 0 Å². The van der Waals surface area contributed by atoms with Crippen molar-refractivity contribution in [3.05, 3.63) is 36.5 Å². The number of unbranched alkanes of at least 4 members (excludes halogenated alkanes) is 19. The summed E-state index contributed by atoms with van der Waals surface area (Å²) in [6, 6.07) is 0. The van der Waals surface area contributed by atoms with E-state index in [0.717, 1.165) is 70.6 Å². The highest BCUT2D eigenvalue weighted by atomic mass is 16.7. The van der Waals surface area contributed by atoms with Gasteiger partial charge in [-0.25, -0.2) is 0 Å². The maximum absolute atomic E-state index is 12.7. The van der Waals surface area contributed by atoms with Crippen molar-refractivity contribution in [3.8, 4) is 0 Å². The van der Waals surface area contributed by atoms with Crippen LogP contribution in [0, 0.1) is 0 Å². The molecule has 1 aliphatic rings. The van der Waals surface area contributed by atoms with Gasteiger partial charge in [-0.05, 0) is 64.2 Å². The molecule has 4 N–H and O–H groups in total. The molecule has 1 saturated heterocycles. The van der Waals surface area contributed by atoms with E-state index in [9.17, 15) is 30.0 Å². The monoisotopic (exact) mass is 781 g/mol. The van der Waals surface area contributed by atoms with Gasteiger partial charge in [-0.2, -0.15) is 0 Å². The molecule has 10 heteroatoms. The molecule has 10 nitrogen and oxygen atoms in total. The molecule has 0 spiro atoms. The van der Waals surface area contributed by atoms with E-state index < -0.39 is 49.4 Å². The van der Waals surface area contributed by atoms with Crippen LogP contribution in [0.3, 0.4) is 0 Å². The van der Waals surface area contributed by atoms with Crippen LogP contribution in [0.2, 0.25) is 0 Å².